The quantitative estimate of drug-likeness (QED) is 0.689. The van der Waals surface area contributed by atoms with Crippen LogP contribution in [0.1, 0.15) is 46.5 Å². The van der Waals surface area contributed by atoms with Crippen LogP contribution in [-0.4, -0.2) is 46.8 Å². The summed E-state index contributed by atoms with van der Waals surface area (Å²) in [6, 6.07) is 3.85. The van der Waals surface area contributed by atoms with Gasteiger partial charge in [0.25, 0.3) is 5.19 Å². The van der Waals surface area contributed by atoms with E-state index in [2.05, 4.69) is 22.2 Å². The van der Waals surface area contributed by atoms with E-state index in [-0.39, 0.29) is 23.7 Å². The lowest BCUT2D eigenvalue weighted by Gasteiger charge is -2.35. The van der Waals surface area contributed by atoms with Gasteiger partial charge in [0, 0.05) is 19.0 Å². The highest BCUT2D eigenvalue weighted by atomic mass is 32.1. The third-order valence-corrected chi connectivity index (χ3v) is 6.03. The number of amides is 1. The van der Waals surface area contributed by atoms with Gasteiger partial charge in [0.15, 0.2) is 4.83 Å². The molecule has 0 saturated heterocycles. The van der Waals surface area contributed by atoms with Crippen LogP contribution in [0.5, 0.6) is 11.1 Å². The van der Waals surface area contributed by atoms with Gasteiger partial charge in [-0.2, -0.15) is 0 Å². The van der Waals surface area contributed by atoms with E-state index in [0.717, 1.165) is 36.0 Å². The normalized spacial score (nSPS) is 23.7. The van der Waals surface area contributed by atoms with Crippen molar-refractivity contribution in [3.63, 3.8) is 0 Å². The van der Waals surface area contributed by atoms with Crippen molar-refractivity contribution >= 4 is 27.6 Å². The molecule has 1 atom stereocenters. The van der Waals surface area contributed by atoms with Crippen molar-refractivity contribution in [3.8, 4) is 11.1 Å². The zero-order valence-electron chi connectivity index (χ0n) is 16.6. The van der Waals surface area contributed by atoms with Gasteiger partial charge in [0.1, 0.15) is 11.1 Å². The molecule has 1 N–H and O–H groups in total. The second-order valence-electron chi connectivity index (χ2n) is 8.21. The van der Waals surface area contributed by atoms with Crippen LogP contribution >= 0.6 is 11.3 Å². The van der Waals surface area contributed by atoms with E-state index in [1.54, 1.807) is 0 Å². The molecule has 0 unspecified atom stereocenters. The number of pyridine rings is 1. The number of carbonyl (C=O) groups is 1. The second-order valence-corrected chi connectivity index (χ2v) is 9.15. The monoisotopic (exact) mass is 405 g/mol. The Labute approximate surface area is 168 Å². The van der Waals surface area contributed by atoms with Crippen LogP contribution in [-0.2, 0) is 9.53 Å². The number of carbonyl (C=O) groups excluding carboxylic acids is 1. The first-order valence-corrected chi connectivity index (χ1v) is 10.7. The molecule has 2 saturated carbocycles. The summed E-state index contributed by atoms with van der Waals surface area (Å²) >= 11 is 1.47. The topological polar surface area (TPSA) is 82.6 Å². The van der Waals surface area contributed by atoms with Crippen LogP contribution in [0.3, 0.4) is 0 Å². The first-order valence-electron chi connectivity index (χ1n) is 9.87. The smallest absolute Gasteiger partial charge is 0.276 e. The van der Waals surface area contributed by atoms with Crippen molar-refractivity contribution in [1.82, 2.24) is 15.3 Å². The minimum absolute atomic E-state index is 0.0261. The summed E-state index contributed by atoms with van der Waals surface area (Å²) in [4.78, 5) is 20.9. The molecule has 2 aromatic rings. The van der Waals surface area contributed by atoms with Crippen LogP contribution in [0.25, 0.3) is 10.3 Å². The van der Waals surface area contributed by atoms with Gasteiger partial charge in [0.05, 0.1) is 19.3 Å². The molecule has 28 heavy (non-hydrogen) atoms. The second kappa shape index (κ2) is 7.83. The molecule has 8 heteroatoms. The standard InChI is InChI=1S/C20H27N3O4S/c1-12(21-13(2)24)10-25-15-8-14(9-15)11-26-17-5-4-16-18(23-17)28-19(22-16)27-20(3)6-7-20/h4-5,12,14-15H,6-11H2,1-3H3,(H,21,24)/t12-,14?,15?/m0/s1. The van der Waals surface area contributed by atoms with E-state index >= 15 is 0 Å². The average molecular weight is 406 g/mol. The molecule has 2 aromatic heterocycles. The first kappa shape index (κ1) is 19.4. The third-order valence-electron chi connectivity index (χ3n) is 5.19. The zero-order valence-corrected chi connectivity index (χ0v) is 17.4. The van der Waals surface area contributed by atoms with Gasteiger partial charge in [0.2, 0.25) is 11.8 Å². The molecule has 2 fully saturated rings. The van der Waals surface area contributed by atoms with Crippen molar-refractivity contribution < 1.29 is 19.0 Å². The summed E-state index contributed by atoms with van der Waals surface area (Å²) in [5, 5.41) is 3.51. The van der Waals surface area contributed by atoms with Crippen LogP contribution in [0.15, 0.2) is 12.1 Å². The molecule has 7 nitrogen and oxygen atoms in total. The molecule has 2 aliphatic rings. The van der Waals surface area contributed by atoms with Crippen LogP contribution in [0, 0.1) is 5.92 Å². The number of fused-ring (bicyclic) bond motifs is 1. The Bertz CT molecular complexity index is 845. The van der Waals surface area contributed by atoms with Gasteiger partial charge in [-0.25, -0.2) is 9.97 Å². The van der Waals surface area contributed by atoms with Gasteiger partial charge in [-0.15, -0.1) is 0 Å². The molecule has 0 aliphatic heterocycles. The van der Waals surface area contributed by atoms with Gasteiger partial charge in [-0.1, -0.05) is 11.3 Å². The molecule has 152 valence electrons. The third kappa shape index (κ3) is 4.91. The summed E-state index contributed by atoms with van der Waals surface area (Å²) in [7, 11) is 0. The molecule has 0 aromatic carbocycles. The largest absolute Gasteiger partial charge is 0.477 e. The maximum Gasteiger partial charge on any atom is 0.276 e. The number of hydrogen-bond acceptors (Lipinski definition) is 7. The van der Waals surface area contributed by atoms with Crippen molar-refractivity contribution in [2.45, 2.75) is 64.2 Å². The molecule has 1 amide bonds. The molecular weight excluding hydrogens is 378 g/mol. The fourth-order valence-corrected chi connectivity index (χ4v) is 4.12. The minimum atomic E-state index is -0.0318. The molecular formula is C20H27N3O4S. The van der Waals surface area contributed by atoms with Gasteiger partial charge in [-0.3, -0.25) is 4.79 Å². The van der Waals surface area contributed by atoms with E-state index in [1.807, 2.05) is 19.1 Å². The zero-order chi connectivity index (χ0) is 19.7. The van der Waals surface area contributed by atoms with E-state index in [0.29, 0.717) is 30.2 Å². The number of nitrogens with zero attached hydrogens (tertiary/aromatic N) is 2. The number of nitrogens with one attached hydrogen (secondary N) is 1. The van der Waals surface area contributed by atoms with Crippen molar-refractivity contribution in [1.29, 1.82) is 0 Å². The number of hydrogen-bond donors (Lipinski definition) is 1. The van der Waals surface area contributed by atoms with Crippen LogP contribution < -0.4 is 14.8 Å². The lowest BCUT2D eigenvalue weighted by molar-refractivity contribution is -0.120. The molecule has 2 heterocycles. The van der Waals surface area contributed by atoms with Crippen molar-refractivity contribution in [2.75, 3.05) is 13.2 Å². The Balaban J connectivity index is 1.20. The molecule has 4 rings (SSSR count). The van der Waals surface area contributed by atoms with Crippen LogP contribution in [0.4, 0.5) is 0 Å². The predicted molar refractivity (Wildman–Crippen MR) is 107 cm³/mol. The lowest BCUT2D eigenvalue weighted by atomic mass is 9.83. The molecule has 0 spiro atoms. The number of thiazole rings is 1. The van der Waals surface area contributed by atoms with E-state index in [4.69, 9.17) is 14.2 Å². The summed E-state index contributed by atoms with van der Waals surface area (Å²) < 4.78 is 17.6. The van der Waals surface area contributed by atoms with Crippen molar-refractivity contribution in [3.05, 3.63) is 12.1 Å². The van der Waals surface area contributed by atoms with Gasteiger partial charge in [-0.05, 0) is 51.5 Å². The lowest BCUT2D eigenvalue weighted by Crippen LogP contribution is -2.40. The SMILES string of the molecule is CC(=O)N[C@@H](C)COC1CC(COc2ccc3nc(OC4(C)CC4)sc3n2)C1. The predicted octanol–water partition coefficient (Wildman–Crippen LogP) is 3.32. The Kier molecular flexibility index (Phi) is 5.42. The Morgan fingerprint density at radius 2 is 2.14 bits per heavy atom. The fraction of sp³-hybridized carbons (Fsp3) is 0.650. The summed E-state index contributed by atoms with van der Waals surface area (Å²) in [5.74, 6) is 1.08. The van der Waals surface area contributed by atoms with Gasteiger partial charge >= 0.3 is 0 Å². The highest BCUT2D eigenvalue weighted by molar-refractivity contribution is 7.19. The number of ether oxygens (including phenoxy) is 3. The summed E-state index contributed by atoms with van der Waals surface area (Å²) in [6.45, 7) is 6.76. The van der Waals surface area contributed by atoms with Crippen LogP contribution in [0.2, 0.25) is 0 Å². The van der Waals surface area contributed by atoms with E-state index in [9.17, 15) is 4.79 Å². The molecule has 2 aliphatic carbocycles. The molecule has 0 radical (unpaired) electrons. The Morgan fingerprint density at radius 3 is 2.86 bits per heavy atom. The fourth-order valence-electron chi connectivity index (χ4n) is 3.21. The highest BCUT2D eigenvalue weighted by Crippen LogP contribution is 2.41. The Morgan fingerprint density at radius 1 is 1.36 bits per heavy atom. The van der Waals surface area contributed by atoms with Crippen molar-refractivity contribution in [2.24, 2.45) is 5.92 Å². The summed E-state index contributed by atoms with van der Waals surface area (Å²) in [6.07, 6.45) is 4.38. The number of aromatic nitrogens is 2. The molecule has 0 bridgehead atoms. The Hall–Kier alpha value is -1.93. The average Bonchev–Trinajstić information content (AvgIpc) is 3.17. The van der Waals surface area contributed by atoms with E-state index in [1.165, 1.54) is 18.3 Å². The maximum absolute atomic E-state index is 11.0. The van der Waals surface area contributed by atoms with Gasteiger partial charge < -0.3 is 19.5 Å². The summed E-state index contributed by atoms with van der Waals surface area (Å²) in [5.41, 5.74) is 0.817. The number of rotatable bonds is 9. The maximum atomic E-state index is 11.0. The minimum Gasteiger partial charge on any atom is -0.477 e. The first-order chi connectivity index (χ1) is 13.4. The van der Waals surface area contributed by atoms with E-state index < -0.39 is 0 Å². The highest BCUT2D eigenvalue weighted by Gasteiger charge is 2.41.